The largest absolute Gasteiger partial charge is 0.479 e. The van der Waals surface area contributed by atoms with Gasteiger partial charge in [-0.2, -0.15) is 0 Å². The Bertz CT molecular complexity index is 793. The van der Waals surface area contributed by atoms with Crippen LogP contribution in [0.3, 0.4) is 0 Å². The fourth-order valence-corrected chi connectivity index (χ4v) is 3.58. The summed E-state index contributed by atoms with van der Waals surface area (Å²) >= 11 is 0. The highest BCUT2D eigenvalue weighted by Gasteiger charge is 2.41. The number of ether oxygens (including phenoxy) is 1. The number of aromatic nitrogens is 2. The van der Waals surface area contributed by atoms with Gasteiger partial charge in [0.25, 0.3) is 0 Å². The van der Waals surface area contributed by atoms with E-state index in [1.54, 1.807) is 38.4 Å². The third-order valence-electron chi connectivity index (χ3n) is 5.31. The zero-order chi connectivity index (χ0) is 22.7. The molecule has 2 rings (SSSR count). The average Bonchev–Trinajstić information content (AvgIpc) is 2.75. The highest BCUT2D eigenvalue weighted by molar-refractivity contribution is 5.79. The number of hydrogen-bond donors (Lipinski definition) is 1. The number of carbonyl (C=O) groups is 1. The van der Waals surface area contributed by atoms with E-state index in [-0.39, 0.29) is 17.9 Å². The fraction of sp³-hybridized carbons (Fsp3) is 0.560. The van der Waals surface area contributed by atoms with Crippen molar-refractivity contribution in [2.24, 2.45) is 5.92 Å². The van der Waals surface area contributed by atoms with Crippen molar-refractivity contribution in [3.63, 3.8) is 0 Å². The van der Waals surface area contributed by atoms with E-state index in [0.29, 0.717) is 12.6 Å². The van der Waals surface area contributed by atoms with Crippen LogP contribution in [-0.4, -0.2) is 27.7 Å². The number of benzene rings is 1. The number of halogens is 1. The van der Waals surface area contributed by atoms with Gasteiger partial charge in [-0.15, -0.1) is 0 Å². The monoisotopic (exact) mass is 430 g/mol. The molecule has 0 aliphatic heterocycles. The van der Waals surface area contributed by atoms with E-state index in [2.05, 4.69) is 16.9 Å². The van der Waals surface area contributed by atoms with Gasteiger partial charge in [0.05, 0.1) is 6.61 Å². The average molecular weight is 431 g/mol. The van der Waals surface area contributed by atoms with Gasteiger partial charge >= 0.3 is 12.0 Å². The topological polar surface area (TPSA) is 72.3 Å². The van der Waals surface area contributed by atoms with Crippen molar-refractivity contribution >= 4 is 5.97 Å². The number of aliphatic carboxylic acids is 1. The van der Waals surface area contributed by atoms with E-state index in [9.17, 15) is 9.90 Å². The van der Waals surface area contributed by atoms with Crippen LogP contribution in [0.2, 0.25) is 0 Å². The molecule has 5 nitrogen and oxygen atoms in total. The van der Waals surface area contributed by atoms with Crippen molar-refractivity contribution in [2.45, 2.75) is 77.8 Å². The van der Waals surface area contributed by atoms with Gasteiger partial charge in [-0.1, -0.05) is 83.6 Å². The maximum absolute atomic E-state index is 15.1. The summed E-state index contributed by atoms with van der Waals surface area (Å²) in [5.74, 6) is -1.54. The molecule has 170 valence electrons. The third-order valence-corrected chi connectivity index (χ3v) is 5.31. The van der Waals surface area contributed by atoms with E-state index in [1.165, 1.54) is 44.2 Å². The van der Waals surface area contributed by atoms with Crippen LogP contribution in [0.4, 0.5) is 4.39 Å². The van der Waals surface area contributed by atoms with Gasteiger partial charge < -0.3 is 9.84 Å². The zero-order valence-electron chi connectivity index (χ0n) is 18.9. The van der Waals surface area contributed by atoms with Crippen LogP contribution in [0.5, 0.6) is 6.01 Å². The molecule has 0 amide bonds. The standard InChI is InChI=1S/C25H35FN2O3/c1-4-5-6-7-8-9-10-15-31-24-27-17-21(18-28-24)20-11-13-22(14-12-20)25(26,23(29)30)16-19(2)3/h11-14,17-19H,4-10,15-16H2,1-3H3,(H,29,30). The lowest BCUT2D eigenvalue weighted by Gasteiger charge is -2.23. The summed E-state index contributed by atoms with van der Waals surface area (Å²) in [5.41, 5.74) is -0.692. The molecular formula is C25H35FN2O3. The SMILES string of the molecule is CCCCCCCCCOc1ncc(-c2ccc(C(F)(CC(C)C)C(=O)O)cc2)cn1. The third kappa shape index (κ3) is 7.60. The van der Waals surface area contributed by atoms with E-state index in [0.717, 1.165) is 24.0 Å². The summed E-state index contributed by atoms with van der Waals surface area (Å²) in [4.78, 5) is 20.0. The van der Waals surface area contributed by atoms with Crippen molar-refractivity contribution in [3.05, 3.63) is 42.2 Å². The maximum atomic E-state index is 15.1. The van der Waals surface area contributed by atoms with Crippen molar-refractivity contribution < 1.29 is 19.0 Å². The lowest BCUT2D eigenvalue weighted by atomic mass is 9.86. The van der Waals surface area contributed by atoms with Gasteiger partial charge in [-0.05, 0) is 24.3 Å². The van der Waals surface area contributed by atoms with Crippen LogP contribution in [0, 0.1) is 5.92 Å². The molecule has 1 heterocycles. The Hall–Kier alpha value is -2.50. The molecule has 0 aliphatic rings. The summed E-state index contributed by atoms with van der Waals surface area (Å²) in [6.45, 7) is 6.43. The minimum Gasteiger partial charge on any atom is -0.479 e. The summed E-state index contributed by atoms with van der Waals surface area (Å²) in [5, 5.41) is 9.40. The maximum Gasteiger partial charge on any atom is 0.346 e. The van der Waals surface area contributed by atoms with Gasteiger partial charge in [0.1, 0.15) is 0 Å². The number of unbranched alkanes of at least 4 members (excludes halogenated alkanes) is 6. The number of alkyl halides is 1. The molecule has 1 aromatic carbocycles. The molecule has 31 heavy (non-hydrogen) atoms. The molecule has 0 spiro atoms. The summed E-state index contributed by atoms with van der Waals surface area (Å²) in [7, 11) is 0. The lowest BCUT2D eigenvalue weighted by Crippen LogP contribution is -2.32. The number of hydrogen-bond acceptors (Lipinski definition) is 4. The van der Waals surface area contributed by atoms with Gasteiger partial charge in [0.2, 0.25) is 5.67 Å². The second-order valence-electron chi connectivity index (χ2n) is 8.51. The zero-order valence-corrected chi connectivity index (χ0v) is 18.9. The number of nitrogens with zero attached hydrogens (tertiary/aromatic N) is 2. The summed E-state index contributed by atoms with van der Waals surface area (Å²) in [6, 6.07) is 6.79. The van der Waals surface area contributed by atoms with E-state index >= 15 is 4.39 Å². The van der Waals surface area contributed by atoms with Gasteiger partial charge in [0.15, 0.2) is 0 Å². The van der Waals surface area contributed by atoms with Crippen LogP contribution in [-0.2, 0) is 10.5 Å². The quantitative estimate of drug-likeness (QED) is 0.343. The molecule has 1 unspecified atom stereocenters. The Balaban J connectivity index is 1.89. The first kappa shape index (κ1) is 24.8. The van der Waals surface area contributed by atoms with Crippen molar-refractivity contribution in [1.29, 1.82) is 0 Å². The number of rotatable bonds is 14. The molecule has 0 radical (unpaired) electrons. The van der Waals surface area contributed by atoms with Crippen LogP contribution in [0.1, 0.15) is 77.7 Å². The van der Waals surface area contributed by atoms with Crippen LogP contribution in [0.15, 0.2) is 36.7 Å². The predicted molar refractivity (Wildman–Crippen MR) is 121 cm³/mol. The predicted octanol–water partition coefficient (Wildman–Crippen LogP) is 6.57. The Morgan fingerprint density at radius 1 is 1.00 bits per heavy atom. The first-order valence-corrected chi connectivity index (χ1v) is 11.3. The molecule has 0 saturated heterocycles. The molecule has 0 fully saturated rings. The smallest absolute Gasteiger partial charge is 0.346 e. The Kier molecular flexibility index (Phi) is 9.89. The lowest BCUT2D eigenvalue weighted by molar-refractivity contribution is -0.153. The second-order valence-corrected chi connectivity index (χ2v) is 8.51. The fourth-order valence-electron chi connectivity index (χ4n) is 3.58. The number of carboxylic acid groups (broad SMARTS) is 1. The molecule has 1 aromatic heterocycles. The molecule has 0 saturated carbocycles. The number of carboxylic acids is 1. The minimum absolute atomic E-state index is 0.0738. The normalized spacial score (nSPS) is 13.2. The van der Waals surface area contributed by atoms with Crippen LogP contribution < -0.4 is 4.74 Å². The van der Waals surface area contributed by atoms with Gasteiger partial charge in [0, 0.05) is 23.5 Å². The highest BCUT2D eigenvalue weighted by Crippen LogP contribution is 2.34. The molecule has 0 bridgehead atoms. The Morgan fingerprint density at radius 2 is 1.58 bits per heavy atom. The second kappa shape index (κ2) is 12.4. The van der Waals surface area contributed by atoms with Crippen molar-refractivity contribution in [3.8, 4) is 17.1 Å². The first-order valence-electron chi connectivity index (χ1n) is 11.3. The van der Waals surface area contributed by atoms with Crippen LogP contribution >= 0.6 is 0 Å². The van der Waals surface area contributed by atoms with Crippen molar-refractivity contribution in [2.75, 3.05) is 6.61 Å². The van der Waals surface area contributed by atoms with Gasteiger partial charge in [-0.3, -0.25) is 0 Å². The molecular weight excluding hydrogens is 395 g/mol. The van der Waals surface area contributed by atoms with Crippen LogP contribution in [0.25, 0.3) is 11.1 Å². The van der Waals surface area contributed by atoms with Gasteiger partial charge in [-0.25, -0.2) is 19.2 Å². The molecule has 6 heteroatoms. The highest BCUT2D eigenvalue weighted by atomic mass is 19.1. The van der Waals surface area contributed by atoms with E-state index in [1.807, 2.05) is 0 Å². The minimum atomic E-state index is -2.39. The Morgan fingerprint density at radius 3 is 2.13 bits per heavy atom. The summed E-state index contributed by atoms with van der Waals surface area (Å²) in [6.07, 6.45) is 11.8. The molecule has 1 N–H and O–H groups in total. The molecule has 0 aliphatic carbocycles. The Labute approximate surface area is 185 Å². The van der Waals surface area contributed by atoms with E-state index in [4.69, 9.17) is 4.74 Å². The first-order chi connectivity index (χ1) is 14.9. The molecule has 2 aromatic rings. The summed E-state index contributed by atoms with van der Waals surface area (Å²) < 4.78 is 20.7. The van der Waals surface area contributed by atoms with Crippen molar-refractivity contribution in [1.82, 2.24) is 9.97 Å². The molecule has 1 atom stereocenters. The van der Waals surface area contributed by atoms with E-state index < -0.39 is 11.6 Å².